The van der Waals surface area contributed by atoms with Gasteiger partial charge in [0.2, 0.25) is 11.8 Å². The molecule has 0 bridgehead atoms. The maximum atomic E-state index is 13.3. The summed E-state index contributed by atoms with van der Waals surface area (Å²) in [7, 11) is 1.98. The van der Waals surface area contributed by atoms with Crippen LogP contribution in [0.4, 0.5) is 5.13 Å². The highest BCUT2D eigenvalue weighted by molar-refractivity contribution is 7.13. The van der Waals surface area contributed by atoms with Crippen LogP contribution in [0.3, 0.4) is 0 Å². The van der Waals surface area contributed by atoms with E-state index in [9.17, 15) is 9.59 Å². The zero-order valence-corrected chi connectivity index (χ0v) is 20.2. The number of carbonyl (C=O) groups is 2. The fourth-order valence-electron chi connectivity index (χ4n) is 8.34. The summed E-state index contributed by atoms with van der Waals surface area (Å²) in [5.41, 5.74) is 1.05. The summed E-state index contributed by atoms with van der Waals surface area (Å²) in [6.45, 7) is 9.06. The molecule has 0 aromatic carbocycles. The molecule has 3 saturated carbocycles. The molecule has 0 spiro atoms. The van der Waals surface area contributed by atoms with Crippen LogP contribution in [0.5, 0.6) is 0 Å². The molecule has 0 radical (unpaired) electrons. The Morgan fingerprint density at radius 3 is 2.74 bits per heavy atom. The Bertz CT molecular complexity index is 941. The van der Waals surface area contributed by atoms with E-state index in [1.165, 1.54) is 11.3 Å². The van der Waals surface area contributed by atoms with Gasteiger partial charge in [-0.3, -0.25) is 9.59 Å². The van der Waals surface area contributed by atoms with Crippen molar-refractivity contribution < 1.29 is 9.59 Å². The van der Waals surface area contributed by atoms with Crippen molar-refractivity contribution in [2.24, 2.45) is 40.4 Å². The second kappa shape index (κ2) is 7.16. The van der Waals surface area contributed by atoms with Crippen LogP contribution in [0.2, 0.25) is 0 Å². The van der Waals surface area contributed by atoms with Gasteiger partial charge in [0, 0.05) is 29.8 Å². The van der Waals surface area contributed by atoms with E-state index in [4.69, 9.17) is 0 Å². The van der Waals surface area contributed by atoms with Gasteiger partial charge in [-0.25, -0.2) is 4.98 Å². The number of amides is 2. The van der Waals surface area contributed by atoms with E-state index in [0.717, 1.165) is 42.9 Å². The Balaban J connectivity index is 1.41. The number of likely N-dealkylation sites (N-methyl/N-ethyl adjacent to an activating group) is 1. The molecule has 1 aliphatic heterocycles. The zero-order chi connectivity index (χ0) is 22.1. The SMILES string of the molecule is Cc1csc(NC(=O)[C@H]2CC[C@H]3[C@@H]4CC(C)[C@H]5N(C)C(=O)C=C[C@]5(C)[C@H]4CC[C@]23C)n1. The average Bonchev–Trinajstić information content (AvgIpc) is 3.27. The second-order valence-corrected chi connectivity index (χ2v) is 12.0. The fraction of sp³-hybridized carbons (Fsp3) is 0.720. The molecule has 5 nitrogen and oxygen atoms in total. The maximum Gasteiger partial charge on any atom is 0.246 e. The van der Waals surface area contributed by atoms with Gasteiger partial charge >= 0.3 is 0 Å². The van der Waals surface area contributed by atoms with E-state index in [0.29, 0.717) is 23.7 Å². The van der Waals surface area contributed by atoms with Gasteiger partial charge in [-0.2, -0.15) is 0 Å². The summed E-state index contributed by atoms with van der Waals surface area (Å²) in [6, 6.07) is 0.282. The molecule has 6 heteroatoms. The largest absolute Gasteiger partial charge is 0.338 e. The van der Waals surface area contributed by atoms with Crippen LogP contribution in [0.25, 0.3) is 0 Å². The Hall–Kier alpha value is -1.69. The fourth-order valence-corrected chi connectivity index (χ4v) is 9.03. The molecule has 1 aromatic heterocycles. The van der Waals surface area contributed by atoms with Gasteiger partial charge in [0.1, 0.15) is 0 Å². The highest BCUT2D eigenvalue weighted by Crippen LogP contribution is 2.66. The van der Waals surface area contributed by atoms with Crippen molar-refractivity contribution in [1.29, 1.82) is 0 Å². The minimum absolute atomic E-state index is 0.0328. The smallest absolute Gasteiger partial charge is 0.246 e. The third kappa shape index (κ3) is 3.04. The van der Waals surface area contributed by atoms with Gasteiger partial charge in [0.15, 0.2) is 5.13 Å². The van der Waals surface area contributed by atoms with Crippen molar-refractivity contribution >= 4 is 28.3 Å². The third-order valence-corrected chi connectivity index (χ3v) is 10.4. The van der Waals surface area contributed by atoms with Crippen molar-refractivity contribution in [3.63, 3.8) is 0 Å². The van der Waals surface area contributed by atoms with E-state index in [1.54, 1.807) is 6.08 Å². The molecule has 0 saturated heterocycles. The van der Waals surface area contributed by atoms with Crippen LogP contribution in [0, 0.1) is 47.3 Å². The first-order valence-corrected chi connectivity index (χ1v) is 12.7. The number of nitrogens with one attached hydrogen (secondary N) is 1. The number of hydrogen-bond acceptors (Lipinski definition) is 4. The lowest BCUT2D eigenvalue weighted by Gasteiger charge is -2.62. The van der Waals surface area contributed by atoms with Crippen molar-refractivity contribution in [2.75, 3.05) is 12.4 Å². The highest BCUT2D eigenvalue weighted by Gasteiger charge is 2.62. The summed E-state index contributed by atoms with van der Waals surface area (Å²) >= 11 is 1.51. The molecule has 3 fully saturated rings. The highest BCUT2D eigenvalue weighted by atomic mass is 32.1. The lowest BCUT2D eigenvalue weighted by Crippen LogP contribution is -2.62. The molecule has 2 amide bonds. The summed E-state index contributed by atoms with van der Waals surface area (Å²) in [5.74, 6) is 2.63. The van der Waals surface area contributed by atoms with Crippen molar-refractivity contribution in [3.8, 4) is 0 Å². The molecule has 2 heterocycles. The van der Waals surface area contributed by atoms with Crippen LogP contribution in [0.15, 0.2) is 17.5 Å². The Kier molecular flexibility index (Phi) is 4.89. The van der Waals surface area contributed by atoms with Crippen LogP contribution >= 0.6 is 11.3 Å². The molecule has 4 aliphatic rings. The predicted octanol–water partition coefficient (Wildman–Crippen LogP) is 4.89. The summed E-state index contributed by atoms with van der Waals surface area (Å²) in [6.07, 6.45) is 9.55. The number of fused-ring (bicyclic) bond motifs is 5. The quantitative estimate of drug-likeness (QED) is 0.711. The molecule has 31 heavy (non-hydrogen) atoms. The first-order chi connectivity index (χ1) is 14.6. The number of aryl methyl sites for hydroxylation is 1. The monoisotopic (exact) mass is 441 g/mol. The van der Waals surface area contributed by atoms with Gasteiger partial charge < -0.3 is 10.2 Å². The Morgan fingerprint density at radius 1 is 1.26 bits per heavy atom. The van der Waals surface area contributed by atoms with E-state index in [1.807, 2.05) is 24.3 Å². The van der Waals surface area contributed by atoms with Crippen molar-refractivity contribution in [2.45, 2.75) is 65.8 Å². The van der Waals surface area contributed by atoms with Crippen LogP contribution in [-0.2, 0) is 9.59 Å². The van der Waals surface area contributed by atoms with E-state index in [2.05, 4.69) is 37.1 Å². The summed E-state index contributed by atoms with van der Waals surface area (Å²) < 4.78 is 0. The average molecular weight is 442 g/mol. The molecule has 168 valence electrons. The second-order valence-electron chi connectivity index (χ2n) is 11.1. The predicted molar refractivity (Wildman–Crippen MR) is 124 cm³/mol. The Labute approximate surface area is 189 Å². The molecule has 3 aliphatic carbocycles. The van der Waals surface area contributed by atoms with Crippen molar-refractivity contribution in [3.05, 3.63) is 23.2 Å². The molecule has 1 unspecified atom stereocenters. The molecule has 8 atom stereocenters. The summed E-state index contributed by atoms with van der Waals surface area (Å²) in [5, 5.41) is 5.83. The maximum absolute atomic E-state index is 13.3. The summed E-state index contributed by atoms with van der Waals surface area (Å²) in [4.78, 5) is 32.1. The number of anilines is 1. The molecule has 1 N–H and O–H groups in total. The first-order valence-electron chi connectivity index (χ1n) is 11.8. The number of hydrogen-bond donors (Lipinski definition) is 1. The number of carbonyl (C=O) groups excluding carboxylic acids is 2. The number of rotatable bonds is 2. The van der Waals surface area contributed by atoms with E-state index in [-0.39, 0.29) is 34.6 Å². The van der Waals surface area contributed by atoms with Gasteiger partial charge in [0.25, 0.3) is 0 Å². The molecule has 1 aromatic rings. The van der Waals surface area contributed by atoms with Crippen molar-refractivity contribution in [1.82, 2.24) is 9.88 Å². The number of thiazole rings is 1. The minimum Gasteiger partial charge on any atom is -0.338 e. The molecular formula is C25H35N3O2S. The zero-order valence-electron chi connectivity index (χ0n) is 19.4. The third-order valence-electron chi connectivity index (χ3n) is 9.57. The van der Waals surface area contributed by atoms with Crippen LogP contribution < -0.4 is 5.32 Å². The van der Waals surface area contributed by atoms with Gasteiger partial charge in [-0.1, -0.05) is 26.8 Å². The number of nitrogens with zero attached hydrogens (tertiary/aromatic N) is 2. The topological polar surface area (TPSA) is 62.3 Å². The van der Waals surface area contributed by atoms with Crippen LogP contribution in [0.1, 0.15) is 58.6 Å². The Morgan fingerprint density at radius 2 is 2.03 bits per heavy atom. The first kappa shape index (κ1) is 21.2. The lowest BCUT2D eigenvalue weighted by molar-refractivity contribution is -0.147. The standard InChI is InChI=1S/C25H35N3O2S/c1-14-12-16-17-6-7-19(22(30)27-23-26-15(2)13-31-23)24(17,3)10-8-18(16)25(4)11-9-20(29)28(5)21(14)25/h9,11,13-14,16-19,21H,6-8,10,12H2,1-5H3,(H,26,27,30)/t14?,16-,17-,18-,19+,21+,24-,25+/m0/s1. The molecule has 5 rings (SSSR count). The lowest BCUT2D eigenvalue weighted by atomic mass is 9.46. The minimum atomic E-state index is 0.0328. The normalized spacial score (nSPS) is 43.9. The van der Waals surface area contributed by atoms with E-state index >= 15 is 0 Å². The van der Waals surface area contributed by atoms with Gasteiger partial charge in [-0.05, 0) is 74.2 Å². The number of aromatic nitrogens is 1. The van der Waals surface area contributed by atoms with Crippen LogP contribution in [-0.4, -0.2) is 34.8 Å². The molecular weight excluding hydrogens is 406 g/mol. The van der Waals surface area contributed by atoms with Gasteiger partial charge in [-0.15, -0.1) is 11.3 Å². The van der Waals surface area contributed by atoms with E-state index < -0.39 is 0 Å². The van der Waals surface area contributed by atoms with Gasteiger partial charge in [0.05, 0.1) is 5.69 Å².